The van der Waals surface area contributed by atoms with Crippen LogP contribution in [0.5, 0.6) is 0 Å². The molecule has 0 saturated heterocycles. The minimum Gasteiger partial charge on any atom is -0.464 e. The molecule has 0 rings (SSSR count). The SMILES string of the molecule is C=C(C)C(O)C(O)C(=O)OCC. The number of aliphatic hydroxyl groups is 2. The van der Waals surface area contributed by atoms with Crippen LogP contribution in [0.15, 0.2) is 12.2 Å². The van der Waals surface area contributed by atoms with Crippen molar-refractivity contribution < 1.29 is 19.7 Å². The van der Waals surface area contributed by atoms with Crippen molar-refractivity contribution in [1.29, 1.82) is 0 Å². The van der Waals surface area contributed by atoms with Crippen molar-refractivity contribution in [3.8, 4) is 0 Å². The molecule has 70 valence electrons. The number of hydrogen-bond acceptors (Lipinski definition) is 4. The maximum Gasteiger partial charge on any atom is 0.338 e. The predicted octanol–water partition coefficient (Wildman–Crippen LogP) is -0.153. The van der Waals surface area contributed by atoms with Gasteiger partial charge in [0.2, 0.25) is 0 Å². The maximum absolute atomic E-state index is 10.8. The highest BCUT2D eigenvalue weighted by atomic mass is 16.5. The lowest BCUT2D eigenvalue weighted by atomic mass is 10.1. The molecule has 0 fully saturated rings. The largest absolute Gasteiger partial charge is 0.464 e. The Kier molecular flexibility index (Phi) is 4.54. The third-order valence-electron chi connectivity index (χ3n) is 1.33. The van der Waals surface area contributed by atoms with Crippen LogP contribution in [0.25, 0.3) is 0 Å². The van der Waals surface area contributed by atoms with E-state index in [2.05, 4.69) is 11.3 Å². The summed E-state index contributed by atoms with van der Waals surface area (Å²) in [5.74, 6) is -0.826. The van der Waals surface area contributed by atoms with Crippen LogP contribution in [0.2, 0.25) is 0 Å². The molecular weight excluding hydrogens is 160 g/mol. The maximum atomic E-state index is 10.8. The number of carbonyl (C=O) groups excluding carboxylic acids is 1. The Hall–Kier alpha value is -0.870. The summed E-state index contributed by atoms with van der Waals surface area (Å²) < 4.78 is 4.48. The molecule has 0 aromatic rings. The Balaban J connectivity index is 4.09. The number of rotatable bonds is 4. The number of esters is 1. The van der Waals surface area contributed by atoms with Gasteiger partial charge >= 0.3 is 5.97 Å². The van der Waals surface area contributed by atoms with Gasteiger partial charge in [0.1, 0.15) is 6.10 Å². The summed E-state index contributed by atoms with van der Waals surface area (Å²) in [6.45, 7) is 6.72. The molecule has 4 nitrogen and oxygen atoms in total. The van der Waals surface area contributed by atoms with E-state index in [1.54, 1.807) is 6.92 Å². The Morgan fingerprint density at radius 2 is 2.00 bits per heavy atom. The van der Waals surface area contributed by atoms with Gasteiger partial charge in [-0.1, -0.05) is 6.58 Å². The summed E-state index contributed by atoms with van der Waals surface area (Å²) in [4.78, 5) is 10.8. The van der Waals surface area contributed by atoms with Crippen LogP contribution >= 0.6 is 0 Å². The number of aliphatic hydroxyl groups excluding tert-OH is 2. The van der Waals surface area contributed by atoms with E-state index in [0.29, 0.717) is 5.57 Å². The lowest BCUT2D eigenvalue weighted by Gasteiger charge is -2.15. The molecule has 0 spiro atoms. The minimum atomic E-state index is -1.53. The van der Waals surface area contributed by atoms with Gasteiger partial charge in [-0.2, -0.15) is 0 Å². The first-order valence-corrected chi connectivity index (χ1v) is 3.68. The van der Waals surface area contributed by atoms with Gasteiger partial charge in [-0.3, -0.25) is 0 Å². The predicted molar refractivity (Wildman–Crippen MR) is 43.5 cm³/mol. The highest BCUT2D eigenvalue weighted by molar-refractivity contribution is 5.75. The standard InChI is InChI=1S/C8H14O4/c1-4-12-8(11)7(10)6(9)5(2)3/h6-7,9-10H,2,4H2,1,3H3. The third-order valence-corrected chi connectivity index (χ3v) is 1.33. The van der Waals surface area contributed by atoms with Crippen molar-refractivity contribution in [3.05, 3.63) is 12.2 Å². The van der Waals surface area contributed by atoms with Crippen LogP contribution in [0.4, 0.5) is 0 Å². The normalized spacial score (nSPS) is 15.0. The monoisotopic (exact) mass is 174 g/mol. The van der Waals surface area contributed by atoms with Crippen LogP contribution in [0, 0.1) is 0 Å². The van der Waals surface area contributed by atoms with Crippen molar-refractivity contribution in [1.82, 2.24) is 0 Å². The molecule has 0 aromatic heterocycles. The summed E-state index contributed by atoms with van der Waals surface area (Å²) in [5, 5.41) is 18.2. The zero-order valence-corrected chi connectivity index (χ0v) is 7.28. The number of ether oxygens (including phenoxy) is 1. The fourth-order valence-electron chi connectivity index (χ4n) is 0.626. The van der Waals surface area contributed by atoms with Gasteiger partial charge in [-0.15, -0.1) is 0 Å². The van der Waals surface area contributed by atoms with Gasteiger partial charge in [-0.05, 0) is 19.4 Å². The molecule has 0 aliphatic rings. The molecule has 0 aliphatic carbocycles. The first-order chi connectivity index (χ1) is 5.50. The molecule has 4 heteroatoms. The van der Waals surface area contributed by atoms with Gasteiger partial charge in [0.05, 0.1) is 6.61 Å². The van der Waals surface area contributed by atoms with E-state index in [4.69, 9.17) is 10.2 Å². The van der Waals surface area contributed by atoms with Crippen LogP contribution in [0.3, 0.4) is 0 Å². The Morgan fingerprint density at radius 3 is 2.33 bits per heavy atom. The summed E-state index contributed by atoms with van der Waals surface area (Å²) in [7, 11) is 0. The van der Waals surface area contributed by atoms with Gasteiger partial charge in [-0.25, -0.2) is 4.79 Å². The van der Waals surface area contributed by atoms with E-state index < -0.39 is 18.2 Å². The zero-order chi connectivity index (χ0) is 9.72. The topological polar surface area (TPSA) is 66.8 Å². The quantitative estimate of drug-likeness (QED) is 0.459. The fraction of sp³-hybridized carbons (Fsp3) is 0.625. The second kappa shape index (κ2) is 4.90. The van der Waals surface area contributed by atoms with Gasteiger partial charge in [0, 0.05) is 0 Å². The summed E-state index contributed by atoms with van der Waals surface area (Å²) >= 11 is 0. The van der Waals surface area contributed by atoms with Crippen LogP contribution in [0.1, 0.15) is 13.8 Å². The minimum absolute atomic E-state index is 0.179. The first kappa shape index (κ1) is 11.1. The summed E-state index contributed by atoms with van der Waals surface area (Å²) in [6.07, 6.45) is -2.77. The Morgan fingerprint density at radius 1 is 1.50 bits per heavy atom. The molecular formula is C8H14O4. The Bertz CT molecular complexity index is 176. The highest BCUT2D eigenvalue weighted by Gasteiger charge is 2.25. The lowest BCUT2D eigenvalue weighted by Crippen LogP contribution is -2.35. The van der Waals surface area contributed by atoms with E-state index in [1.165, 1.54) is 6.92 Å². The van der Waals surface area contributed by atoms with Crippen molar-refractivity contribution in [2.45, 2.75) is 26.1 Å². The summed E-state index contributed by atoms with van der Waals surface area (Å²) in [5.41, 5.74) is 0.329. The molecule has 0 bridgehead atoms. The van der Waals surface area contributed by atoms with Crippen molar-refractivity contribution in [3.63, 3.8) is 0 Å². The molecule has 2 atom stereocenters. The van der Waals surface area contributed by atoms with Crippen molar-refractivity contribution >= 4 is 5.97 Å². The van der Waals surface area contributed by atoms with Gasteiger partial charge in [0.25, 0.3) is 0 Å². The zero-order valence-electron chi connectivity index (χ0n) is 7.28. The van der Waals surface area contributed by atoms with Crippen LogP contribution in [-0.4, -0.2) is 35.0 Å². The molecule has 0 heterocycles. The number of hydrogen-bond donors (Lipinski definition) is 2. The van der Waals surface area contributed by atoms with Gasteiger partial charge in [0.15, 0.2) is 6.10 Å². The highest BCUT2D eigenvalue weighted by Crippen LogP contribution is 2.04. The molecule has 0 amide bonds. The second-order valence-corrected chi connectivity index (χ2v) is 2.49. The van der Waals surface area contributed by atoms with E-state index in [0.717, 1.165) is 0 Å². The number of carbonyl (C=O) groups is 1. The van der Waals surface area contributed by atoms with E-state index in [9.17, 15) is 4.79 Å². The smallest absolute Gasteiger partial charge is 0.338 e. The van der Waals surface area contributed by atoms with Crippen LogP contribution < -0.4 is 0 Å². The van der Waals surface area contributed by atoms with Crippen molar-refractivity contribution in [2.24, 2.45) is 0 Å². The summed E-state index contributed by atoms with van der Waals surface area (Å²) in [6, 6.07) is 0. The molecule has 2 N–H and O–H groups in total. The van der Waals surface area contributed by atoms with Crippen LogP contribution in [-0.2, 0) is 9.53 Å². The van der Waals surface area contributed by atoms with E-state index in [1.807, 2.05) is 0 Å². The van der Waals surface area contributed by atoms with Crippen molar-refractivity contribution in [2.75, 3.05) is 6.61 Å². The molecule has 0 radical (unpaired) electrons. The third kappa shape index (κ3) is 3.02. The molecule has 0 saturated carbocycles. The second-order valence-electron chi connectivity index (χ2n) is 2.49. The average molecular weight is 174 g/mol. The van der Waals surface area contributed by atoms with E-state index in [-0.39, 0.29) is 6.61 Å². The molecule has 0 aromatic carbocycles. The first-order valence-electron chi connectivity index (χ1n) is 3.68. The molecule has 0 aliphatic heterocycles. The molecule has 2 unspecified atom stereocenters. The van der Waals surface area contributed by atoms with E-state index >= 15 is 0 Å². The average Bonchev–Trinajstić information content (AvgIpc) is 2.02. The van der Waals surface area contributed by atoms with Gasteiger partial charge < -0.3 is 14.9 Å². The Labute approximate surface area is 71.5 Å². The fourth-order valence-corrected chi connectivity index (χ4v) is 0.626. The molecule has 12 heavy (non-hydrogen) atoms. The lowest BCUT2D eigenvalue weighted by molar-refractivity contribution is -0.157.